The lowest BCUT2D eigenvalue weighted by molar-refractivity contribution is 0.357. The summed E-state index contributed by atoms with van der Waals surface area (Å²) in [5.74, 6) is 0.990. The van der Waals surface area contributed by atoms with E-state index in [1.54, 1.807) is 11.3 Å². The number of thiazole rings is 1. The molecule has 0 atom stereocenters. The molecule has 1 aromatic heterocycles. The van der Waals surface area contributed by atoms with Crippen LogP contribution in [0.15, 0.2) is 18.2 Å². The Balaban J connectivity index is 2.00. The van der Waals surface area contributed by atoms with Gasteiger partial charge in [-0.25, -0.2) is 4.98 Å². The molecule has 0 saturated heterocycles. The van der Waals surface area contributed by atoms with Gasteiger partial charge in [-0.3, -0.25) is 0 Å². The maximum Gasteiger partial charge on any atom is 0.123 e. The summed E-state index contributed by atoms with van der Waals surface area (Å²) in [6.45, 7) is 2.73. The zero-order chi connectivity index (χ0) is 12.5. The maximum atomic E-state index is 8.76. The first-order chi connectivity index (χ1) is 8.78. The van der Waals surface area contributed by atoms with Crippen molar-refractivity contribution in [3.05, 3.63) is 34.3 Å². The van der Waals surface area contributed by atoms with Gasteiger partial charge >= 0.3 is 0 Å². The van der Waals surface area contributed by atoms with Crippen LogP contribution in [0, 0.1) is 18.3 Å². The van der Waals surface area contributed by atoms with Crippen LogP contribution in [0.3, 0.4) is 0 Å². The normalized spacial score (nSPS) is 12.9. The van der Waals surface area contributed by atoms with E-state index >= 15 is 0 Å². The second kappa shape index (κ2) is 4.43. The van der Waals surface area contributed by atoms with Gasteiger partial charge in [0.05, 0.1) is 24.8 Å². The van der Waals surface area contributed by atoms with Crippen molar-refractivity contribution in [3.63, 3.8) is 0 Å². The Morgan fingerprint density at radius 3 is 3.22 bits per heavy atom. The monoisotopic (exact) mass is 256 g/mol. The summed E-state index contributed by atoms with van der Waals surface area (Å²) >= 11 is 1.61. The molecule has 0 saturated carbocycles. The molecular formula is C14H12N2OS. The standard InChI is InChI=1S/C14H12N2OS/c1-9-13(4-6-15)18-14(16-9)11-2-3-12-10(8-11)5-7-17-12/h2-3,8H,4-5,7H2,1H3. The van der Waals surface area contributed by atoms with Crippen molar-refractivity contribution < 1.29 is 4.74 Å². The second-order valence-electron chi connectivity index (χ2n) is 4.28. The van der Waals surface area contributed by atoms with Crippen LogP contribution < -0.4 is 4.74 Å². The number of benzene rings is 1. The summed E-state index contributed by atoms with van der Waals surface area (Å²) in [5, 5.41) is 9.76. The number of nitrogens with zero attached hydrogens (tertiary/aromatic N) is 2. The highest BCUT2D eigenvalue weighted by Gasteiger charge is 2.15. The Bertz CT molecular complexity index is 640. The molecule has 4 heteroatoms. The van der Waals surface area contributed by atoms with Gasteiger partial charge in [0.2, 0.25) is 0 Å². The number of nitriles is 1. The molecule has 0 fully saturated rings. The molecule has 18 heavy (non-hydrogen) atoms. The predicted molar refractivity (Wildman–Crippen MR) is 70.8 cm³/mol. The molecule has 1 aromatic carbocycles. The first-order valence-corrected chi connectivity index (χ1v) is 6.69. The molecule has 0 unspecified atom stereocenters. The van der Waals surface area contributed by atoms with E-state index in [1.807, 2.05) is 19.1 Å². The number of aromatic nitrogens is 1. The third-order valence-corrected chi connectivity index (χ3v) is 4.28. The first kappa shape index (κ1) is 11.2. The number of ether oxygens (including phenoxy) is 1. The summed E-state index contributed by atoms with van der Waals surface area (Å²) in [6, 6.07) is 8.38. The number of hydrogen-bond acceptors (Lipinski definition) is 4. The fraction of sp³-hybridized carbons (Fsp3) is 0.286. The van der Waals surface area contributed by atoms with Crippen molar-refractivity contribution in [2.45, 2.75) is 19.8 Å². The minimum atomic E-state index is 0.442. The van der Waals surface area contributed by atoms with Crippen molar-refractivity contribution in [1.82, 2.24) is 4.98 Å². The molecule has 0 aliphatic carbocycles. The van der Waals surface area contributed by atoms with Crippen LogP contribution in [0.1, 0.15) is 16.1 Å². The molecule has 0 amide bonds. The van der Waals surface area contributed by atoms with Crippen LogP contribution in [0.25, 0.3) is 10.6 Å². The summed E-state index contributed by atoms with van der Waals surface area (Å²) in [4.78, 5) is 5.61. The number of hydrogen-bond donors (Lipinski definition) is 0. The molecular weight excluding hydrogens is 244 g/mol. The van der Waals surface area contributed by atoms with E-state index in [9.17, 15) is 0 Å². The SMILES string of the molecule is Cc1nc(-c2ccc3c(c2)CCO3)sc1CC#N. The second-order valence-corrected chi connectivity index (χ2v) is 5.37. The predicted octanol–water partition coefficient (Wildman–Crippen LogP) is 3.12. The van der Waals surface area contributed by atoms with Crippen molar-refractivity contribution in [3.8, 4) is 22.4 Å². The summed E-state index contributed by atoms with van der Waals surface area (Å²) in [5.41, 5.74) is 3.34. The smallest absolute Gasteiger partial charge is 0.123 e. The maximum absolute atomic E-state index is 8.76. The average Bonchev–Trinajstić information content (AvgIpc) is 2.96. The number of rotatable bonds is 2. The van der Waals surface area contributed by atoms with Crippen molar-refractivity contribution in [1.29, 1.82) is 5.26 Å². The molecule has 2 heterocycles. The van der Waals surface area contributed by atoms with E-state index in [2.05, 4.69) is 17.1 Å². The topological polar surface area (TPSA) is 45.9 Å². The van der Waals surface area contributed by atoms with Crippen LogP contribution in [0.2, 0.25) is 0 Å². The molecule has 1 aliphatic rings. The lowest BCUT2D eigenvalue weighted by Gasteiger charge is -2.00. The van der Waals surface area contributed by atoms with Gasteiger partial charge in [0.15, 0.2) is 0 Å². The highest BCUT2D eigenvalue weighted by molar-refractivity contribution is 7.15. The van der Waals surface area contributed by atoms with Crippen LogP contribution in [0.5, 0.6) is 5.75 Å². The minimum absolute atomic E-state index is 0.442. The third kappa shape index (κ3) is 1.87. The lowest BCUT2D eigenvalue weighted by Crippen LogP contribution is -1.85. The Hall–Kier alpha value is -1.86. The third-order valence-electron chi connectivity index (χ3n) is 3.07. The van der Waals surface area contributed by atoms with Crippen molar-refractivity contribution in [2.75, 3.05) is 6.61 Å². The molecule has 3 nitrogen and oxygen atoms in total. The van der Waals surface area contributed by atoms with Crippen molar-refractivity contribution in [2.24, 2.45) is 0 Å². The molecule has 0 radical (unpaired) electrons. The molecule has 0 bridgehead atoms. The number of fused-ring (bicyclic) bond motifs is 1. The summed E-state index contributed by atoms with van der Waals surface area (Å²) in [7, 11) is 0. The van der Waals surface area contributed by atoms with E-state index in [4.69, 9.17) is 10.00 Å². The molecule has 90 valence electrons. The lowest BCUT2D eigenvalue weighted by atomic mass is 10.1. The van der Waals surface area contributed by atoms with E-state index in [1.165, 1.54) is 5.56 Å². The highest BCUT2D eigenvalue weighted by atomic mass is 32.1. The van der Waals surface area contributed by atoms with E-state index in [0.717, 1.165) is 39.9 Å². The van der Waals surface area contributed by atoms with Gasteiger partial charge < -0.3 is 4.74 Å². The quantitative estimate of drug-likeness (QED) is 0.829. The summed E-state index contributed by atoms with van der Waals surface area (Å²) in [6.07, 6.45) is 1.41. The van der Waals surface area contributed by atoms with Gasteiger partial charge in [-0.15, -0.1) is 11.3 Å². The van der Waals surface area contributed by atoms with Crippen LogP contribution in [-0.2, 0) is 12.8 Å². The minimum Gasteiger partial charge on any atom is -0.493 e. The summed E-state index contributed by atoms with van der Waals surface area (Å²) < 4.78 is 5.50. The fourth-order valence-corrected chi connectivity index (χ4v) is 3.10. The average molecular weight is 256 g/mol. The van der Waals surface area contributed by atoms with Crippen LogP contribution in [-0.4, -0.2) is 11.6 Å². The Morgan fingerprint density at radius 1 is 1.50 bits per heavy atom. The zero-order valence-corrected chi connectivity index (χ0v) is 10.9. The fourth-order valence-electron chi connectivity index (χ4n) is 2.11. The Morgan fingerprint density at radius 2 is 2.39 bits per heavy atom. The highest BCUT2D eigenvalue weighted by Crippen LogP contribution is 2.33. The van der Waals surface area contributed by atoms with Gasteiger partial charge in [-0.2, -0.15) is 5.26 Å². The molecule has 1 aliphatic heterocycles. The van der Waals surface area contributed by atoms with E-state index < -0.39 is 0 Å². The zero-order valence-electron chi connectivity index (χ0n) is 10.1. The van der Waals surface area contributed by atoms with Gasteiger partial charge in [0.25, 0.3) is 0 Å². The molecule has 0 spiro atoms. The first-order valence-electron chi connectivity index (χ1n) is 5.87. The van der Waals surface area contributed by atoms with E-state index in [0.29, 0.717) is 6.42 Å². The van der Waals surface area contributed by atoms with Crippen LogP contribution >= 0.6 is 11.3 Å². The van der Waals surface area contributed by atoms with Crippen molar-refractivity contribution >= 4 is 11.3 Å². The van der Waals surface area contributed by atoms with Crippen LogP contribution in [0.4, 0.5) is 0 Å². The molecule has 2 aromatic rings. The van der Waals surface area contributed by atoms with Gasteiger partial charge in [0, 0.05) is 16.9 Å². The van der Waals surface area contributed by atoms with E-state index in [-0.39, 0.29) is 0 Å². The molecule has 0 N–H and O–H groups in total. The van der Waals surface area contributed by atoms with Gasteiger partial charge in [-0.05, 0) is 30.7 Å². The Labute approximate surface area is 110 Å². The largest absolute Gasteiger partial charge is 0.493 e. The number of aryl methyl sites for hydroxylation is 1. The van der Waals surface area contributed by atoms with Gasteiger partial charge in [-0.1, -0.05) is 0 Å². The molecule has 3 rings (SSSR count). The van der Waals surface area contributed by atoms with Gasteiger partial charge in [0.1, 0.15) is 10.8 Å². The Kier molecular flexibility index (Phi) is 2.77.